The number of hydrogen-bond donors (Lipinski definition) is 1. The average Bonchev–Trinajstić information content (AvgIpc) is 2.83. The lowest BCUT2D eigenvalue weighted by atomic mass is 9.88. The maximum absolute atomic E-state index is 6.11. The summed E-state index contributed by atoms with van der Waals surface area (Å²) in [6.45, 7) is 8.54. The molecule has 1 spiro atoms. The van der Waals surface area contributed by atoms with E-state index in [0.717, 1.165) is 26.2 Å². The van der Waals surface area contributed by atoms with Gasteiger partial charge in [0.2, 0.25) is 0 Å². The third-order valence-electron chi connectivity index (χ3n) is 4.41. The van der Waals surface area contributed by atoms with Gasteiger partial charge in [0, 0.05) is 24.9 Å². The summed E-state index contributed by atoms with van der Waals surface area (Å²) in [5.41, 5.74) is 5.97. The molecule has 3 atom stereocenters. The molecule has 4 heteroatoms. The molecular formula is C14H28N2OS. The zero-order valence-electron chi connectivity index (χ0n) is 11.9. The number of hydrogen-bond acceptors (Lipinski definition) is 4. The molecule has 3 nitrogen and oxygen atoms in total. The second-order valence-corrected chi connectivity index (χ2v) is 7.01. The highest BCUT2D eigenvalue weighted by molar-refractivity contribution is 7.99. The molecule has 0 bridgehead atoms. The van der Waals surface area contributed by atoms with Crippen LogP contribution in [0, 0.1) is 5.92 Å². The molecule has 2 aliphatic heterocycles. The van der Waals surface area contributed by atoms with E-state index in [1.807, 2.05) is 0 Å². The first-order valence-electron chi connectivity index (χ1n) is 7.35. The molecule has 2 aliphatic rings. The molecule has 2 rings (SSSR count). The molecule has 0 aromatic heterocycles. The summed E-state index contributed by atoms with van der Waals surface area (Å²) in [5.74, 6) is 3.08. The number of rotatable bonds is 5. The van der Waals surface area contributed by atoms with Crippen LogP contribution in [-0.4, -0.2) is 54.3 Å². The zero-order valence-corrected chi connectivity index (χ0v) is 12.7. The van der Waals surface area contributed by atoms with E-state index in [9.17, 15) is 0 Å². The van der Waals surface area contributed by atoms with Gasteiger partial charge >= 0.3 is 0 Å². The summed E-state index contributed by atoms with van der Waals surface area (Å²) in [6, 6.07) is 0.705. The first-order chi connectivity index (χ1) is 8.69. The summed E-state index contributed by atoms with van der Waals surface area (Å²) >= 11 is 2.06. The van der Waals surface area contributed by atoms with E-state index in [1.165, 1.54) is 30.8 Å². The number of ether oxygens (including phenoxy) is 1. The number of nitrogens with two attached hydrogens (primary N) is 1. The fraction of sp³-hybridized carbons (Fsp3) is 1.00. The fourth-order valence-corrected chi connectivity index (χ4v) is 4.57. The van der Waals surface area contributed by atoms with Crippen LogP contribution in [0.3, 0.4) is 0 Å². The van der Waals surface area contributed by atoms with Crippen LogP contribution in [0.25, 0.3) is 0 Å². The number of thioether (sulfide) groups is 1. The monoisotopic (exact) mass is 272 g/mol. The van der Waals surface area contributed by atoms with Crippen molar-refractivity contribution < 1.29 is 4.74 Å². The summed E-state index contributed by atoms with van der Waals surface area (Å²) in [7, 11) is 0. The van der Waals surface area contributed by atoms with E-state index < -0.39 is 0 Å². The van der Waals surface area contributed by atoms with Gasteiger partial charge in [0.15, 0.2) is 0 Å². The smallest absolute Gasteiger partial charge is 0.0795 e. The third kappa shape index (κ3) is 3.41. The predicted octanol–water partition coefficient (Wildman–Crippen LogP) is 1.96. The lowest BCUT2D eigenvalue weighted by molar-refractivity contribution is -0.0901. The van der Waals surface area contributed by atoms with E-state index >= 15 is 0 Å². The van der Waals surface area contributed by atoms with E-state index in [4.69, 9.17) is 10.5 Å². The van der Waals surface area contributed by atoms with Gasteiger partial charge in [-0.2, -0.15) is 11.8 Å². The Morgan fingerprint density at radius 2 is 2.39 bits per heavy atom. The van der Waals surface area contributed by atoms with Gasteiger partial charge in [-0.1, -0.05) is 13.8 Å². The lowest BCUT2D eigenvalue weighted by Crippen LogP contribution is -2.50. The summed E-state index contributed by atoms with van der Waals surface area (Å²) < 4.78 is 6.11. The Balaban J connectivity index is 1.93. The van der Waals surface area contributed by atoms with E-state index in [2.05, 4.69) is 30.5 Å². The quantitative estimate of drug-likeness (QED) is 0.830. The first kappa shape index (κ1) is 14.6. The Morgan fingerprint density at radius 3 is 3.00 bits per heavy atom. The van der Waals surface area contributed by atoms with Crippen molar-refractivity contribution in [3.05, 3.63) is 0 Å². The Kier molecular flexibility index (Phi) is 5.36. The molecule has 0 amide bonds. The summed E-state index contributed by atoms with van der Waals surface area (Å²) in [4.78, 5) is 2.63. The second kappa shape index (κ2) is 6.60. The Bertz CT molecular complexity index is 256. The van der Waals surface area contributed by atoms with Crippen molar-refractivity contribution in [2.24, 2.45) is 11.7 Å². The summed E-state index contributed by atoms with van der Waals surface area (Å²) in [5, 5.41) is 0. The minimum atomic E-state index is 0.201. The van der Waals surface area contributed by atoms with Crippen molar-refractivity contribution in [1.82, 2.24) is 4.90 Å². The van der Waals surface area contributed by atoms with E-state index in [0.29, 0.717) is 12.0 Å². The zero-order chi connectivity index (χ0) is 13.0. The topological polar surface area (TPSA) is 38.5 Å². The van der Waals surface area contributed by atoms with Crippen molar-refractivity contribution in [3.8, 4) is 0 Å². The Morgan fingerprint density at radius 1 is 1.56 bits per heavy atom. The largest absolute Gasteiger partial charge is 0.374 e. The van der Waals surface area contributed by atoms with Gasteiger partial charge in [0.05, 0.1) is 5.60 Å². The van der Waals surface area contributed by atoms with Crippen LogP contribution >= 0.6 is 11.8 Å². The molecule has 2 saturated heterocycles. The van der Waals surface area contributed by atoms with Crippen LogP contribution in [0.1, 0.15) is 33.1 Å². The molecule has 106 valence electrons. The van der Waals surface area contributed by atoms with Crippen molar-refractivity contribution in [2.45, 2.75) is 44.8 Å². The molecule has 0 aromatic rings. The molecule has 0 radical (unpaired) electrons. The maximum Gasteiger partial charge on any atom is 0.0795 e. The van der Waals surface area contributed by atoms with Crippen LogP contribution in [-0.2, 0) is 4.74 Å². The van der Waals surface area contributed by atoms with Gasteiger partial charge in [-0.25, -0.2) is 0 Å². The van der Waals surface area contributed by atoms with Crippen molar-refractivity contribution in [3.63, 3.8) is 0 Å². The molecule has 18 heavy (non-hydrogen) atoms. The molecule has 2 heterocycles. The molecule has 0 saturated carbocycles. The van der Waals surface area contributed by atoms with Crippen LogP contribution in [0.5, 0.6) is 0 Å². The van der Waals surface area contributed by atoms with Crippen molar-refractivity contribution in [2.75, 3.05) is 37.7 Å². The first-order valence-corrected chi connectivity index (χ1v) is 8.50. The minimum absolute atomic E-state index is 0.201. The molecule has 0 aromatic carbocycles. The highest BCUT2D eigenvalue weighted by Gasteiger charge is 2.41. The highest BCUT2D eigenvalue weighted by Crippen LogP contribution is 2.39. The van der Waals surface area contributed by atoms with E-state index in [1.54, 1.807) is 0 Å². The predicted molar refractivity (Wildman–Crippen MR) is 79.1 cm³/mol. The van der Waals surface area contributed by atoms with Crippen LogP contribution < -0.4 is 5.73 Å². The van der Waals surface area contributed by atoms with Gasteiger partial charge < -0.3 is 15.4 Å². The molecular weight excluding hydrogens is 244 g/mol. The molecule has 2 N–H and O–H groups in total. The molecule has 2 fully saturated rings. The van der Waals surface area contributed by atoms with Gasteiger partial charge in [-0.15, -0.1) is 0 Å². The Hall–Kier alpha value is 0.230. The second-order valence-electron chi connectivity index (χ2n) is 5.91. The van der Waals surface area contributed by atoms with Crippen molar-refractivity contribution >= 4 is 11.8 Å². The Labute approximate surface area is 116 Å². The molecule has 0 aliphatic carbocycles. The SMILES string of the molecule is CCN(CC(C)CN)C1CCOC2(CCSC2)C1. The standard InChI is InChI=1S/C14H28N2OS/c1-3-16(10-12(2)9-15)13-4-6-17-14(8-13)5-7-18-11-14/h12-13H,3-11,15H2,1-2H3. The summed E-state index contributed by atoms with van der Waals surface area (Å²) in [6.07, 6.45) is 3.67. The van der Waals surface area contributed by atoms with Gasteiger partial charge in [0.25, 0.3) is 0 Å². The highest BCUT2D eigenvalue weighted by atomic mass is 32.2. The molecule has 3 unspecified atom stereocenters. The van der Waals surface area contributed by atoms with Gasteiger partial charge in [-0.3, -0.25) is 0 Å². The normalized spacial score (nSPS) is 34.3. The lowest BCUT2D eigenvalue weighted by Gasteiger charge is -2.43. The minimum Gasteiger partial charge on any atom is -0.374 e. The van der Waals surface area contributed by atoms with Crippen LogP contribution in [0.15, 0.2) is 0 Å². The van der Waals surface area contributed by atoms with E-state index in [-0.39, 0.29) is 5.60 Å². The maximum atomic E-state index is 6.11. The third-order valence-corrected chi connectivity index (χ3v) is 5.63. The van der Waals surface area contributed by atoms with Crippen LogP contribution in [0.4, 0.5) is 0 Å². The fourth-order valence-electron chi connectivity index (χ4n) is 3.19. The van der Waals surface area contributed by atoms with Crippen molar-refractivity contribution in [1.29, 1.82) is 0 Å². The van der Waals surface area contributed by atoms with Crippen LogP contribution in [0.2, 0.25) is 0 Å². The van der Waals surface area contributed by atoms with Gasteiger partial charge in [0.1, 0.15) is 0 Å². The van der Waals surface area contributed by atoms with Gasteiger partial charge in [-0.05, 0) is 44.0 Å². The average molecular weight is 272 g/mol. The number of nitrogens with zero attached hydrogens (tertiary/aromatic N) is 1.